The van der Waals surface area contributed by atoms with Gasteiger partial charge in [-0.25, -0.2) is 8.78 Å². The monoisotopic (exact) mass is 533 g/mol. The topological polar surface area (TPSA) is 106 Å². The molecule has 39 heavy (non-hydrogen) atoms. The van der Waals surface area contributed by atoms with Crippen molar-refractivity contribution in [2.24, 2.45) is 0 Å². The van der Waals surface area contributed by atoms with Gasteiger partial charge in [0.15, 0.2) is 11.9 Å². The van der Waals surface area contributed by atoms with Crippen molar-refractivity contribution in [2.75, 3.05) is 19.8 Å². The van der Waals surface area contributed by atoms with E-state index >= 15 is 8.78 Å². The summed E-state index contributed by atoms with van der Waals surface area (Å²) in [6, 6.07) is 16.0. The van der Waals surface area contributed by atoms with Crippen molar-refractivity contribution < 1.29 is 32.9 Å². The van der Waals surface area contributed by atoms with Crippen molar-refractivity contribution in [1.29, 1.82) is 0 Å². The van der Waals surface area contributed by atoms with Crippen molar-refractivity contribution in [2.45, 2.75) is 36.8 Å². The number of amides is 1. The second-order valence-electron chi connectivity index (χ2n) is 10.1. The fraction of sp³-hybridized carbons (Fsp3) is 0.310. The van der Waals surface area contributed by atoms with Gasteiger partial charge in [-0.15, -0.1) is 0 Å². The van der Waals surface area contributed by atoms with Gasteiger partial charge in [0.25, 0.3) is 6.01 Å². The van der Waals surface area contributed by atoms with E-state index < -0.39 is 36.1 Å². The third-order valence-electron chi connectivity index (χ3n) is 7.76. The van der Waals surface area contributed by atoms with Crippen LogP contribution in [0.3, 0.4) is 0 Å². The van der Waals surface area contributed by atoms with Gasteiger partial charge >= 0.3 is 0 Å². The van der Waals surface area contributed by atoms with Crippen molar-refractivity contribution >= 4 is 16.9 Å². The number of aliphatic hydroxyl groups is 1. The molecular formula is C29H25F2N3O5. The Morgan fingerprint density at radius 3 is 2.36 bits per heavy atom. The molecule has 3 aromatic carbocycles. The van der Waals surface area contributed by atoms with Gasteiger partial charge in [0.2, 0.25) is 5.91 Å². The molecule has 1 unspecified atom stereocenters. The van der Waals surface area contributed by atoms with Gasteiger partial charge in [-0.05, 0) is 28.7 Å². The summed E-state index contributed by atoms with van der Waals surface area (Å²) in [5, 5.41) is 12.8. The molecule has 0 bridgehead atoms. The number of hydrogen-bond acceptors (Lipinski definition) is 6. The Morgan fingerprint density at radius 2 is 1.64 bits per heavy atom. The number of benzene rings is 3. The van der Waals surface area contributed by atoms with Crippen LogP contribution in [-0.4, -0.2) is 65.2 Å². The second-order valence-corrected chi connectivity index (χ2v) is 10.1. The minimum atomic E-state index is -0.795. The van der Waals surface area contributed by atoms with Crippen molar-refractivity contribution in [3.63, 3.8) is 0 Å². The van der Waals surface area contributed by atoms with E-state index in [2.05, 4.69) is 15.3 Å². The molecule has 3 N–H and O–H groups in total. The molecule has 4 aromatic rings. The quantitative estimate of drug-likeness (QED) is 0.362. The maximum atomic E-state index is 15.6. The number of halogens is 2. The summed E-state index contributed by atoms with van der Waals surface area (Å²) < 4.78 is 47.6. The fourth-order valence-corrected chi connectivity index (χ4v) is 5.72. The van der Waals surface area contributed by atoms with Crippen molar-refractivity contribution in [3.05, 3.63) is 71.8 Å². The van der Waals surface area contributed by atoms with Crippen LogP contribution in [0.2, 0.25) is 0 Å². The predicted molar refractivity (Wildman–Crippen MR) is 137 cm³/mol. The molecular weight excluding hydrogens is 508 g/mol. The molecule has 4 heterocycles. The van der Waals surface area contributed by atoms with Gasteiger partial charge in [-0.2, -0.15) is 4.98 Å². The highest BCUT2D eigenvalue weighted by Crippen LogP contribution is 2.35. The number of fused-ring (bicyclic) bond motifs is 2. The SMILES string of the molecule is O=C1NCCC1c1ccc(-c2ccc(-c3c(F)cc4[nH]c(O[C@@H]5CO[C@H]6[C@@H]5OC[C@H]6O)nc4c3F)cc2)cc1. The molecule has 0 saturated carbocycles. The van der Waals surface area contributed by atoms with Gasteiger partial charge in [0.1, 0.15) is 29.6 Å². The normalized spacial score (nSPS) is 26.2. The third-order valence-corrected chi connectivity index (χ3v) is 7.76. The lowest BCUT2D eigenvalue weighted by atomic mass is 9.94. The Morgan fingerprint density at radius 1 is 0.949 bits per heavy atom. The number of nitrogens with zero attached hydrogens (tertiary/aromatic N) is 1. The number of aromatic nitrogens is 2. The third kappa shape index (κ3) is 4.15. The van der Waals surface area contributed by atoms with Gasteiger partial charge < -0.3 is 29.6 Å². The van der Waals surface area contributed by atoms with Crippen LogP contribution in [0.15, 0.2) is 54.6 Å². The van der Waals surface area contributed by atoms with E-state index in [9.17, 15) is 9.90 Å². The summed E-state index contributed by atoms with van der Waals surface area (Å²) in [6.07, 6.45) is -1.40. The maximum Gasteiger partial charge on any atom is 0.295 e. The van der Waals surface area contributed by atoms with E-state index in [1.807, 2.05) is 24.3 Å². The minimum Gasteiger partial charge on any atom is -0.456 e. The Kier molecular flexibility index (Phi) is 5.84. The molecule has 0 radical (unpaired) electrons. The largest absolute Gasteiger partial charge is 0.456 e. The number of nitrogens with one attached hydrogen (secondary N) is 2. The molecule has 7 rings (SSSR count). The first-order valence-electron chi connectivity index (χ1n) is 12.9. The van der Waals surface area contributed by atoms with Gasteiger partial charge in [-0.1, -0.05) is 48.5 Å². The Labute approximate surface area is 221 Å². The van der Waals surface area contributed by atoms with Crippen LogP contribution in [0.4, 0.5) is 8.78 Å². The number of imidazole rings is 1. The minimum absolute atomic E-state index is 0.0218. The number of aromatic amines is 1. The summed E-state index contributed by atoms with van der Waals surface area (Å²) in [6.45, 7) is 1.03. The number of hydrogen-bond donors (Lipinski definition) is 3. The van der Waals surface area contributed by atoms with Crippen molar-refractivity contribution in [1.82, 2.24) is 15.3 Å². The average molecular weight is 534 g/mol. The summed E-state index contributed by atoms with van der Waals surface area (Å²) in [4.78, 5) is 19.0. The molecule has 3 saturated heterocycles. The van der Waals surface area contributed by atoms with Gasteiger partial charge in [0, 0.05) is 12.6 Å². The van der Waals surface area contributed by atoms with Crippen LogP contribution < -0.4 is 10.1 Å². The molecule has 3 aliphatic heterocycles. The summed E-state index contributed by atoms with van der Waals surface area (Å²) in [5.41, 5.74) is 3.11. The predicted octanol–water partition coefficient (Wildman–Crippen LogP) is 3.68. The Hall–Kier alpha value is -3.86. The highest BCUT2D eigenvalue weighted by Gasteiger charge is 2.48. The van der Waals surface area contributed by atoms with Crippen LogP contribution in [0, 0.1) is 11.6 Å². The average Bonchev–Trinajstić information content (AvgIpc) is 3.72. The van der Waals surface area contributed by atoms with Crippen LogP contribution in [0.5, 0.6) is 6.01 Å². The maximum absolute atomic E-state index is 15.6. The zero-order valence-corrected chi connectivity index (χ0v) is 20.7. The first kappa shape index (κ1) is 24.2. The van der Waals surface area contributed by atoms with Gasteiger partial charge in [0.05, 0.1) is 30.2 Å². The highest BCUT2D eigenvalue weighted by molar-refractivity contribution is 5.86. The van der Waals surface area contributed by atoms with Crippen molar-refractivity contribution in [3.8, 4) is 28.3 Å². The zero-order chi connectivity index (χ0) is 26.7. The Balaban J connectivity index is 1.13. The lowest BCUT2D eigenvalue weighted by Gasteiger charge is -2.15. The number of H-pyrrole nitrogens is 1. The molecule has 200 valence electrons. The second kappa shape index (κ2) is 9.41. The fourth-order valence-electron chi connectivity index (χ4n) is 5.72. The van der Waals surface area contributed by atoms with Crippen LogP contribution >= 0.6 is 0 Å². The van der Waals surface area contributed by atoms with E-state index in [1.54, 1.807) is 24.3 Å². The van der Waals surface area contributed by atoms with E-state index in [0.29, 0.717) is 12.1 Å². The van der Waals surface area contributed by atoms with Gasteiger partial charge in [-0.3, -0.25) is 4.79 Å². The Bertz CT molecular complexity index is 1560. The van der Waals surface area contributed by atoms with E-state index in [1.165, 1.54) is 6.07 Å². The van der Waals surface area contributed by atoms with Crippen LogP contribution in [-0.2, 0) is 14.3 Å². The first-order valence-corrected chi connectivity index (χ1v) is 12.9. The van der Waals surface area contributed by atoms with Crippen LogP contribution in [0.1, 0.15) is 17.9 Å². The summed E-state index contributed by atoms with van der Waals surface area (Å²) >= 11 is 0. The highest BCUT2D eigenvalue weighted by atomic mass is 19.1. The lowest BCUT2D eigenvalue weighted by Crippen LogP contribution is -2.34. The molecule has 0 spiro atoms. The summed E-state index contributed by atoms with van der Waals surface area (Å²) in [5.74, 6) is -1.60. The molecule has 3 fully saturated rings. The molecule has 8 nitrogen and oxygen atoms in total. The molecule has 1 amide bonds. The number of aliphatic hydroxyl groups excluding tert-OH is 1. The molecule has 10 heteroatoms. The smallest absolute Gasteiger partial charge is 0.295 e. The number of carbonyl (C=O) groups is 1. The summed E-state index contributed by atoms with van der Waals surface area (Å²) in [7, 11) is 0. The number of ether oxygens (including phenoxy) is 3. The van der Waals surface area contributed by atoms with E-state index in [0.717, 1.165) is 23.1 Å². The lowest BCUT2D eigenvalue weighted by molar-refractivity contribution is -0.120. The first-order chi connectivity index (χ1) is 19.0. The number of rotatable bonds is 5. The number of carbonyl (C=O) groups excluding carboxylic acids is 1. The molecule has 5 atom stereocenters. The van der Waals surface area contributed by atoms with E-state index in [-0.39, 0.29) is 47.6 Å². The molecule has 0 aliphatic carbocycles. The zero-order valence-electron chi connectivity index (χ0n) is 20.7. The van der Waals surface area contributed by atoms with E-state index in [4.69, 9.17) is 14.2 Å². The molecule has 3 aliphatic rings. The molecule has 1 aromatic heterocycles. The van der Waals surface area contributed by atoms with Crippen LogP contribution in [0.25, 0.3) is 33.3 Å². The standard InChI is InChI=1S/C29H25F2N3O5/c30-19-11-20-25(34-29(33-20)39-22-13-38-26-21(35)12-37-27(22)26)24(31)23(19)17-7-3-15(4-8-17)14-1-5-16(6-2-14)18-9-10-32-28(18)36/h1-8,11,18,21-22,26-27,35H,9-10,12-13H2,(H,32,36)(H,33,34)/t18?,21-,22-,26-,27-/m1/s1.